The van der Waals surface area contributed by atoms with E-state index in [1.54, 1.807) is 18.4 Å². The smallest absolute Gasteiger partial charge is 0.231 e. The molecule has 0 unspecified atom stereocenters. The summed E-state index contributed by atoms with van der Waals surface area (Å²) in [6.07, 6.45) is 2.37. The van der Waals surface area contributed by atoms with Crippen molar-refractivity contribution in [2.45, 2.75) is 25.4 Å². The van der Waals surface area contributed by atoms with Crippen LogP contribution < -0.4 is 14.8 Å². The molecule has 1 aromatic heterocycles. The summed E-state index contributed by atoms with van der Waals surface area (Å²) in [6.45, 7) is 5.26. The van der Waals surface area contributed by atoms with Crippen molar-refractivity contribution in [2.75, 3.05) is 40.1 Å². The van der Waals surface area contributed by atoms with Gasteiger partial charge < -0.3 is 24.4 Å². The van der Waals surface area contributed by atoms with Gasteiger partial charge >= 0.3 is 0 Å². The summed E-state index contributed by atoms with van der Waals surface area (Å²) in [6, 6.07) is 6.58. The number of nitrogens with one attached hydrogen (secondary N) is 1. The third kappa shape index (κ3) is 4.17. The number of rotatable bonds is 7. The number of methoxy groups -OCH3 is 1. The molecular formula is C19H25N3O3S. The van der Waals surface area contributed by atoms with Crippen LogP contribution in [0.25, 0.3) is 10.6 Å². The highest BCUT2D eigenvalue weighted by Crippen LogP contribution is 2.36. The first-order valence-corrected chi connectivity index (χ1v) is 9.99. The molecule has 0 aliphatic carbocycles. The number of benzene rings is 1. The summed E-state index contributed by atoms with van der Waals surface area (Å²) in [7, 11) is 1.76. The van der Waals surface area contributed by atoms with Crippen LogP contribution in [0.15, 0.2) is 23.6 Å². The second-order valence-corrected chi connectivity index (χ2v) is 7.56. The maximum absolute atomic E-state index is 5.46. The summed E-state index contributed by atoms with van der Waals surface area (Å²) >= 11 is 1.67. The quantitative estimate of drug-likeness (QED) is 0.803. The van der Waals surface area contributed by atoms with Crippen molar-refractivity contribution in [2.24, 2.45) is 0 Å². The van der Waals surface area contributed by atoms with Gasteiger partial charge in [-0.05, 0) is 44.1 Å². The number of nitrogens with zero attached hydrogens (tertiary/aromatic N) is 2. The Hall–Kier alpha value is -1.67. The standard InChI is InChI=1S/C19H25N3O3S/c1-23-9-8-22-6-4-15(5-7-22)20-11-16-12-26-19(21-16)14-2-3-17-18(10-14)25-13-24-17/h2-3,10,12,15,20H,4-9,11,13H2,1H3. The van der Waals surface area contributed by atoms with Gasteiger partial charge in [0.15, 0.2) is 11.5 Å². The molecule has 140 valence electrons. The normalized spacial score (nSPS) is 17.7. The van der Waals surface area contributed by atoms with Crippen molar-refractivity contribution < 1.29 is 14.2 Å². The molecule has 2 aliphatic rings. The maximum atomic E-state index is 5.46. The van der Waals surface area contributed by atoms with Gasteiger partial charge in [0.1, 0.15) is 5.01 Å². The van der Waals surface area contributed by atoms with Crippen LogP contribution in [0.2, 0.25) is 0 Å². The van der Waals surface area contributed by atoms with E-state index in [2.05, 4.69) is 15.6 Å². The molecule has 0 bridgehead atoms. The fourth-order valence-corrected chi connectivity index (χ4v) is 4.20. The van der Waals surface area contributed by atoms with Gasteiger partial charge in [0.05, 0.1) is 12.3 Å². The number of piperidine rings is 1. The highest BCUT2D eigenvalue weighted by Gasteiger charge is 2.19. The Kier molecular flexibility index (Phi) is 5.69. The number of ether oxygens (including phenoxy) is 3. The average Bonchev–Trinajstić information content (AvgIpc) is 3.34. The third-order valence-electron chi connectivity index (χ3n) is 4.94. The minimum Gasteiger partial charge on any atom is -0.454 e. The molecule has 0 spiro atoms. The maximum Gasteiger partial charge on any atom is 0.231 e. The molecular weight excluding hydrogens is 350 g/mol. The summed E-state index contributed by atoms with van der Waals surface area (Å²) in [5, 5.41) is 6.82. The van der Waals surface area contributed by atoms with Gasteiger partial charge in [-0.2, -0.15) is 0 Å². The second-order valence-electron chi connectivity index (χ2n) is 6.70. The van der Waals surface area contributed by atoms with E-state index in [4.69, 9.17) is 19.2 Å². The van der Waals surface area contributed by atoms with Gasteiger partial charge in [0.2, 0.25) is 6.79 Å². The fourth-order valence-electron chi connectivity index (χ4n) is 3.38. The molecule has 3 heterocycles. The molecule has 1 N–H and O–H groups in total. The molecule has 0 amide bonds. The lowest BCUT2D eigenvalue weighted by molar-refractivity contribution is 0.126. The third-order valence-corrected chi connectivity index (χ3v) is 5.88. The number of hydrogen-bond acceptors (Lipinski definition) is 7. The Morgan fingerprint density at radius 3 is 2.96 bits per heavy atom. The molecule has 2 aromatic rings. The molecule has 1 fully saturated rings. The second kappa shape index (κ2) is 8.35. The molecule has 0 atom stereocenters. The lowest BCUT2D eigenvalue weighted by Crippen LogP contribution is -2.43. The number of likely N-dealkylation sites (tertiary alicyclic amines) is 1. The van der Waals surface area contributed by atoms with Crippen molar-refractivity contribution in [1.82, 2.24) is 15.2 Å². The Labute approximate surface area is 158 Å². The van der Waals surface area contributed by atoms with Crippen LogP contribution in [-0.2, 0) is 11.3 Å². The highest BCUT2D eigenvalue weighted by atomic mass is 32.1. The van der Waals surface area contributed by atoms with E-state index >= 15 is 0 Å². The van der Waals surface area contributed by atoms with Crippen LogP contribution in [0, 0.1) is 0 Å². The summed E-state index contributed by atoms with van der Waals surface area (Å²) in [5.41, 5.74) is 2.18. The lowest BCUT2D eigenvalue weighted by Gasteiger charge is -2.32. The van der Waals surface area contributed by atoms with Crippen molar-refractivity contribution in [3.05, 3.63) is 29.3 Å². The van der Waals surface area contributed by atoms with Gasteiger partial charge in [-0.3, -0.25) is 0 Å². The predicted octanol–water partition coefficient (Wildman–Crippen LogP) is 2.74. The molecule has 2 aliphatic heterocycles. The topological polar surface area (TPSA) is 55.9 Å². The zero-order valence-corrected chi connectivity index (χ0v) is 15.9. The Balaban J connectivity index is 1.28. The largest absolute Gasteiger partial charge is 0.454 e. The van der Waals surface area contributed by atoms with E-state index in [1.807, 2.05) is 18.2 Å². The summed E-state index contributed by atoms with van der Waals surface area (Å²) in [5.74, 6) is 1.61. The van der Waals surface area contributed by atoms with Crippen LogP contribution in [-0.4, -0.2) is 56.1 Å². The Morgan fingerprint density at radius 1 is 1.27 bits per heavy atom. The molecule has 26 heavy (non-hydrogen) atoms. The van der Waals surface area contributed by atoms with Crippen LogP contribution in [0.1, 0.15) is 18.5 Å². The molecule has 7 heteroatoms. The fraction of sp³-hybridized carbons (Fsp3) is 0.526. The van der Waals surface area contributed by atoms with E-state index in [9.17, 15) is 0 Å². The van der Waals surface area contributed by atoms with Gasteiger partial charge in [0.25, 0.3) is 0 Å². The van der Waals surface area contributed by atoms with Crippen molar-refractivity contribution in [3.63, 3.8) is 0 Å². The van der Waals surface area contributed by atoms with Crippen LogP contribution in [0.3, 0.4) is 0 Å². The molecule has 1 aromatic carbocycles. The van der Waals surface area contributed by atoms with Crippen LogP contribution in [0.5, 0.6) is 11.5 Å². The zero-order valence-electron chi connectivity index (χ0n) is 15.1. The molecule has 6 nitrogen and oxygen atoms in total. The average molecular weight is 375 g/mol. The highest BCUT2D eigenvalue weighted by molar-refractivity contribution is 7.13. The van der Waals surface area contributed by atoms with E-state index in [0.29, 0.717) is 12.8 Å². The number of thiazole rings is 1. The van der Waals surface area contributed by atoms with Crippen LogP contribution >= 0.6 is 11.3 Å². The van der Waals surface area contributed by atoms with Crippen molar-refractivity contribution in [3.8, 4) is 22.1 Å². The number of aromatic nitrogens is 1. The lowest BCUT2D eigenvalue weighted by atomic mass is 10.1. The predicted molar refractivity (Wildman–Crippen MR) is 102 cm³/mol. The SMILES string of the molecule is COCCN1CCC(NCc2csc(-c3ccc4c(c3)OCO4)n2)CC1. The van der Waals surface area contributed by atoms with E-state index in [-0.39, 0.29) is 0 Å². The summed E-state index contributed by atoms with van der Waals surface area (Å²) < 4.78 is 16.0. The molecule has 0 radical (unpaired) electrons. The van der Waals surface area contributed by atoms with Gasteiger partial charge in [0, 0.05) is 37.2 Å². The Bertz CT molecular complexity index is 729. The van der Waals surface area contributed by atoms with Gasteiger partial charge in [-0.1, -0.05) is 0 Å². The first-order valence-electron chi connectivity index (χ1n) is 9.11. The minimum atomic E-state index is 0.302. The first kappa shape index (κ1) is 17.7. The number of hydrogen-bond donors (Lipinski definition) is 1. The van der Waals surface area contributed by atoms with E-state index in [0.717, 1.165) is 60.5 Å². The monoisotopic (exact) mass is 375 g/mol. The zero-order chi connectivity index (χ0) is 17.8. The summed E-state index contributed by atoms with van der Waals surface area (Å²) in [4.78, 5) is 7.25. The molecule has 4 rings (SSSR count). The number of fused-ring (bicyclic) bond motifs is 1. The van der Waals surface area contributed by atoms with Crippen molar-refractivity contribution in [1.29, 1.82) is 0 Å². The van der Waals surface area contributed by atoms with Crippen molar-refractivity contribution >= 4 is 11.3 Å². The van der Waals surface area contributed by atoms with E-state index in [1.165, 1.54) is 12.8 Å². The Morgan fingerprint density at radius 2 is 2.12 bits per heavy atom. The van der Waals surface area contributed by atoms with Crippen LogP contribution in [0.4, 0.5) is 0 Å². The minimum absolute atomic E-state index is 0.302. The van der Waals surface area contributed by atoms with Gasteiger partial charge in [-0.15, -0.1) is 11.3 Å². The molecule has 0 saturated carbocycles. The first-order chi connectivity index (χ1) is 12.8. The molecule has 1 saturated heterocycles. The van der Waals surface area contributed by atoms with Gasteiger partial charge in [-0.25, -0.2) is 4.98 Å². The van der Waals surface area contributed by atoms with E-state index < -0.39 is 0 Å².